The number of ether oxygens (including phenoxy) is 1. The van der Waals surface area contributed by atoms with E-state index in [1.165, 1.54) is 12.1 Å². The number of benzene rings is 1. The van der Waals surface area contributed by atoms with Crippen molar-refractivity contribution >= 4 is 0 Å². The van der Waals surface area contributed by atoms with Crippen molar-refractivity contribution in [1.29, 1.82) is 0 Å². The molecule has 0 heterocycles. The second-order valence-corrected chi connectivity index (χ2v) is 3.12. The van der Waals surface area contributed by atoms with Crippen LogP contribution >= 0.6 is 0 Å². The maximum atomic E-state index is 12.7. The van der Waals surface area contributed by atoms with Gasteiger partial charge >= 0.3 is 0 Å². The summed E-state index contributed by atoms with van der Waals surface area (Å²) in [6, 6.07) is 6.18. The van der Waals surface area contributed by atoms with Crippen LogP contribution in [0.4, 0.5) is 4.39 Å². The molecule has 15 heavy (non-hydrogen) atoms. The largest absolute Gasteiger partial charge is 0.493 e. The normalized spacial score (nSPS) is 9.20. The molecule has 0 fully saturated rings. The second-order valence-electron chi connectivity index (χ2n) is 3.12. The minimum absolute atomic E-state index is 0.265. The standard InChI is InChI=1S/C13H15FO/c1-2-3-4-5-6-10-15-13-9-7-8-12(14)11-13/h7-9,11H,2,5-6,10H2,1H3. The lowest BCUT2D eigenvalue weighted by atomic mass is 10.3. The Morgan fingerprint density at radius 1 is 1.33 bits per heavy atom. The fraction of sp³-hybridized carbons (Fsp3) is 0.385. The molecule has 80 valence electrons. The molecule has 0 saturated carbocycles. The van der Waals surface area contributed by atoms with Crippen LogP contribution in [0.3, 0.4) is 0 Å². The molecule has 0 atom stereocenters. The van der Waals surface area contributed by atoms with E-state index in [-0.39, 0.29) is 5.82 Å². The number of hydrogen-bond acceptors (Lipinski definition) is 1. The molecule has 0 radical (unpaired) electrons. The van der Waals surface area contributed by atoms with E-state index in [4.69, 9.17) is 4.74 Å². The predicted octanol–water partition coefficient (Wildman–Crippen LogP) is 3.40. The highest BCUT2D eigenvalue weighted by atomic mass is 19.1. The van der Waals surface area contributed by atoms with Crippen LogP contribution < -0.4 is 4.74 Å². The molecule has 1 aromatic carbocycles. The van der Waals surface area contributed by atoms with Crippen molar-refractivity contribution in [3.05, 3.63) is 30.1 Å². The van der Waals surface area contributed by atoms with Crippen LogP contribution in [-0.4, -0.2) is 6.61 Å². The average molecular weight is 206 g/mol. The Hall–Kier alpha value is -1.49. The van der Waals surface area contributed by atoms with Gasteiger partial charge in [0, 0.05) is 18.9 Å². The van der Waals surface area contributed by atoms with Crippen LogP contribution in [0, 0.1) is 17.7 Å². The Morgan fingerprint density at radius 3 is 2.93 bits per heavy atom. The fourth-order valence-corrected chi connectivity index (χ4v) is 1.12. The van der Waals surface area contributed by atoms with Gasteiger partial charge in [-0.25, -0.2) is 4.39 Å². The minimum Gasteiger partial charge on any atom is -0.493 e. The van der Waals surface area contributed by atoms with Crippen molar-refractivity contribution in [3.63, 3.8) is 0 Å². The molecule has 1 nitrogen and oxygen atoms in total. The smallest absolute Gasteiger partial charge is 0.126 e. The summed E-state index contributed by atoms with van der Waals surface area (Å²) in [6.45, 7) is 2.61. The van der Waals surface area contributed by atoms with Crippen molar-refractivity contribution < 1.29 is 9.13 Å². The summed E-state index contributed by atoms with van der Waals surface area (Å²) in [5.74, 6) is 6.34. The van der Waals surface area contributed by atoms with Crippen molar-refractivity contribution in [2.24, 2.45) is 0 Å². The van der Waals surface area contributed by atoms with Gasteiger partial charge in [0.15, 0.2) is 0 Å². The number of hydrogen-bond donors (Lipinski definition) is 0. The molecule has 0 amide bonds. The lowest BCUT2D eigenvalue weighted by molar-refractivity contribution is 0.311. The highest BCUT2D eigenvalue weighted by Gasteiger charge is 1.94. The van der Waals surface area contributed by atoms with Crippen LogP contribution in [0.2, 0.25) is 0 Å². The molecule has 0 N–H and O–H groups in total. The molecule has 0 aliphatic rings. The van der Waals surface area contributed by atoms with Gasteiger partial charge in [-0.05, 0) is 18.6 Å². The molecule has 0 aliphatic carbocycles. The molecule has 0 aliphatic heterocycles. The van der Waals surface area contributed by atoms with E-state index < -0.39 is 0 Å². The van der Waals surface area contributed by atoms with Gasteiger partial charge in [0.1, 0.15) is 11.6 Å². The maximum absolute atomic E-state index is 12.7. The van der Waals surface area contributed by atoms with Crippen molar-refractivity contribution in [2.75, 3.05) is 6.61 Å². The molecule has 0 unspecified atom stereocenters. The summed E-state index contributed by atoms with van der Waals surface area (Å²) < 4.78 is 18.1. The highest BCUT2D eigenvalue weighted by Crippen LogP contribution is 2.12. The van der Waals surface area contributed by atoms with Crippen LogP contribution in [0.1, 0.15) is 26.2 Å². The predicted molar refractivity (Wildman–Crippen MR) is 59.2 cm³/mol. The zero-order valence-corrected chi connectivity index (χ0v) is 8.92. The molecule has 1 aromatic rings. The van der Waals surface area contributed by atoms with Crippen LogP contribution in [0.15, 0.2) is 24.3 Å². The van der Waals surface area contributed by atoms with Gasteiger partial charge in [0.05, 0.1) is 6.61 Å². The summed E-state index contributed by atoms with van der Waals surface area (Å²) in [6.07, 6.45) is 2.61. The minimum atomic E-state index is -0.265. The Bertz CT molecular complexity index is 349. The first-order valence-corrected chi connectivity index (χ1v) is 5.17. The first-order chi connectivity index (χ1) is 7.33. The topological polar surface area (TPSA) is 9.23 Å². The van der Waals surface area contributed by atoms with Gasteiger partial charge in [0.2, 0.25) is 0 Å². The zero-order valence-electron chi connectivity index (χ0n) is 8.92. The molecule has 0 spiro atoms. The molecule has 1 rings (SSSR count). The number of unbranched alkanes of at least 4 members (excludes halogenated alkanes) is 1. The SMILES string of the molecule is CCC#CCCCOc1cccc(F)c1. The van der Waals surface area contributed by atoms with E-state index in [0.717, 1.165) is 19.3 Å². The third kappa shape index (κ3) is 5.07. The van der Waals surface area contributed by atoms with Gasteiger partial charge < -0.3 is 4.74 Å². The van der Waals surface area contributed by atoms with Crippen molar-refractivity contribution in [3.8, 4) is 17.6 Å². The monoisotopic (exact) mass is 206 g/mol. The lowest BCUT2D eigenvalue weighted by Gasteiger charge is -2.03. The Morgan fingerprint density at radius 2 is 2.20 bits per heavy atom. The summed E-state index contributed by atoms with van der Waals surface area (Å²) in [7, 11) is 0. The summed E-state index contributed by atoms with van der Waals surface area (Å²) in [5.41, 5.74) is 0. The maximum Gasteiger partial charge on any atom is 0.126 e. The van der Waals surface area contributed by atoms with Gasteiger partial charge in [-0.1, -0.05) is 13.0 Å². The van der Waals surface area contributed by atoms with Gasteiger partial charge in [-0.2, -0.15) is 0 Å². The van der Waals surface area contributed by atoms with E-state index >= 15 is 0 Å². The Kier molecular flexibility index (Phi) is 5.32. The average Bonchev–Trinajstić information content (AvgIpc) is 2.23. The van der Waals surface area contributed by atoms with E-state index in [1.54, 1.807) is 12.1 Å². The molecule has 0 saturated heterocycles. The molecule has 0 aromatic heterocycles. The third-order valence-corrected chi connectivity index (χ3v) is 1.81. The van der Waals surface area contributed by atoms with Crippen LogP contribution in [0.5, 0.6) is 5.75 Å². The Balaban J connectivity index is 2.20. The fourth-order valence-electron chi connectivity index (χ4n) is 1.12. The van der Waals surface area contributed by atoms with E-state index in [0.29, 0.717) is 12.4 Å². The highest BCUT2D eigenvalue weighted by molar-refractivity contribution is 5.22. The van der Waals surface area contributed by atoms with Crippen molar-refractivity contribution in [2.45, 2.75) is 26.2 Å². The first-order valence-electron chi connectivity index (χ1n) is 5.17. The summed E-state index contributed by atoms with van der Waals surface area (Å²) >= 11 is 0. The first kappa shape index (κ1) is 11.6. The van der Waals surface area contributed by atoms with Crippen LogP contribution in [0.25, 0.3) is 0 Å². The number of halogens is 1. The molecule has 2 heteroatoms. The second kappa shape index (κ2) is 6.89. The van der Waals surface area contributed by atoms with E-state index in [2.05, 4.69) is 11.8 Å². The lowest BCUT2D eigenvalue weighted by Crippen LogP contribution is -1.96. The summed E-state index contributed by atoms with van der Waals surface area (Å²) in [4.78, 5) is 0. The molecular formula is C13H15FO. The van der Waals surface area contributed by atoms with E-state index in [9.17, 15) is 4.39 Å². The third-order valence-electron chi connectivity index (χ3n) is 1.81. The van der Waals surface area contributed by atoms with Gasteiger partial charge in [-0.3, -0.25) is 0 Å². The van der Waals surface area contributed by atoms with E-state index in [1.807, 2.05) is 6.92 Å². The quantitative estimate of drug-likeness (QED) is 0.542. The molecule has 0 bridgehead atoms. The zero-order chi connectivity index (χ0) is 10.9. The van der Waals surface area contributed by atoms with Gasteiger partial charge in [0.25, 0.3) is 0 Å². The summed E-state index contributed by atoms with van der Waals surface area (Å²) in [5, 5.41) is 0. The van der Waals surface area contributed by atoms with Gasteiger partial charge in [-0.15, -0.1) is 11.8 Å². The Labute approximate surface area is 90.3 Å². The van der Waals surface area contributed by atoms with Crippen molar-refractivity contribution in [1.82, 2.24) is 0 Å². The number of rotatable bonds is 4. The molecular weight excluding hydrogens is 191 g/mol. The van der Waals surface area contributed by atoms with Crippen LogP contribution in [-0.2, 0) is 0 Å².